The van der Waals surface area contributed by atoms with Gasteiger partial charge in [-0.25, -0.2) is 4.98 Å². The number of H-pyrrole nitrogens is 1. The van der Waals surface area contributed by atoms with Crippen LogP contribution in [-0.4, -0.2) is 22.0 Å². The lowest BCUT2D eigenvalue weighted by atomic mass is 10.2. The molecule has 15 heavy (non-hydrogen) atoms. The van der Waals surface area contributed by atoms with Crippen molar-refractivity contribution in [3.05, 3.63) is 28.1 Å². The molecule has 6 nitrogen and oxygen atoms in total. The van der Waals surface area contributed by atoms with Crippen molar-refractivity contribution in [3.63, 3.8) is 0 Å². The summed E-state index contributed by atoms with van der Waals surface area (Å²) >= 11 is 0. The molecule has 0 aliphatic carbocycles. The lowest BCUT2D eigenvalue weighted by Gasteiger charge is -2.00. The molecule has 6 heteroatoms. The minimum atomic E-state index is -0.478. The molecule has 0 amide bonds. The van der Waals surface area contributed by atoms with Gasteiger partial charge < -0.3 is 9.72 Å². The SMILES string of the molecule is COc1cc2nc(C)[nH]c2cc1[N+](=O)[O-]. The Balaban J connectivity index is 2.73. The summed E-state index contributed by atoms with van der Waals surface area (Å²) in [4.78, 5) is 17.3. The van der Waals surface area contributed by atoms with Gasteiger partial charge in [-0.3, -0.25) is 10.1 Å². The molecule has 1 heterocycles. The van der Waals surface area contributed by atoms with Crippen LogP contribution in [0.4, 0.5) is 5.69 Å². The summed E-state index contributed by atoms with van der Waals surface area (Å²) in [6, 6.07) is 2.98. The molecule has 0 unspecified atom stereocenters. The molecule has 1 N–H and O–H groups in total. The minimum Gasteiger partial charge on any atom is -0.490 e. The summed E-state index contributed by atoms with van der Waals surface area (Å²) in [5.41, 5.74) is 1.24. The number of aryl methyl sites for hydroxylation is 1. The Kier molecular flexibility index (Phi) is 2.03. The van der Waals surface area contributed by atoms with Crippen LogP contribution in [0.3, 0.4) is 0 Å². The Hall–Kier alpha value is -2.11. The minimum absolute atomic E-state index is 0.0614. The van der Waals surface area contributed by atoms with Crippen LogP contribution < -0.4 is 4.74 Å². The largest absolute Gasteiger partial charge is 0.490 e. The Bertz CT molecular complexity index is 533. The maximum absolute atomic E-state index is 10.7. The predicted molar refractivity (Wildman–Crippen MR) is 54.0 cm³/mol. The topological polar surface area (TPSA) is 81.0 Å². The van der Waals surface area contributed by atoms with Crippen molar-refractivity contribution in [2.75, 3.05) is 7.11 Å². The zero-order valence-corrected chi connectivity index (χ0v) is 8.27. The number of methoxy groups -OCH3 is 1. The third kappa shape index (κ3) is 1.50. The molecule has 0 saturated heterocycles. The number of ether oxygens (including phenoxy) is 1. The van der Waals surface area contributed by atoms with Crippen molar-refractivity contribution < 1.29 is 9.66 Å². The van der Waals surface area contributed by atoms with E-state index < -0.39 is 4.92 Å². The van der Waals surface area contributed by atoms with Crippen LogP contribution in [0.2, 0.25) is 0 Å². The predicted octanol–water partition coefficient (Wildman–Crippen LogP) is 1.79. The van der Waals surface area contributed by atoms with Crippen molar-refractivity contribution in [3.8, 4) is 5.75 Å². The van der Waals surface area contributed by atoms with Crippen molar-refractivity contribution in [2.24, 2.45) is 0 Å². The Morgan fingerprint density at radius 3 is 2.87 bits per heavy atom. The van der Waals surface area contributed by atoms with E-state index in [0.717, 1.165) is 0 Å². The molecule has 1 aromatic carbocycles. The van der Waals surface area contributed by atoms with Gasteiger partial charge in [-0.05, 0) is 6.92 Å². The fraction of sp³-hybridized carbons (Fsp3) is 0.222. The van der Waals surface area contributed by atoms with E-state index in [1.807, 2.05) is 0 Å². The van der Waals surface area contributed by atoms with Crippen molar-refractivity contribution in [1.29, 1.82) is 0 Å². The highest BCUT2D eigenvalue weighted by molar-refractivity contribution is 5.81. The first kappa shape index (κ1) is 9.45. The number of aromatic amines is 1. The van der Waals surface area contributed by atoms with E-state index in [1.54, 1.807) is 13.0 Å². The van der Waals surface area contributed by atoms with Gasteiger partial charge in [-0.1, -0.05) is 0 Å². The average Bonchev–Trinajstić information content (AvgIpc) is 2.54. The van der Waals surface area contributed by atoms with E-state index in [0.29, 0.717) is 16.9 Å². The van der Waals surface area contributed by atoms with Crippen LogP contribution in [0.1, 0.15) is 5.82 Å². The van der Waals surface area contributed by atoms with Crippen LogP contribution in [0.25, 0.3) is 11.0 Å². The van der Waals surface area contributed by atoms with Crippen LogP contribution >= 0.6 is 0 Å². The van der Waals surface area contributed by atoms with Crippen molar-refractivity contribution >= 4 is 16.7 Å². The highest BCUT2D eigenvalue weighted by Gasteiger charge is 2.17. The lowest BCUT2D eigenvalue weighted by molar-refractivity contribution is -0.385. The Labute approximate surface area is 85.0 Å². The van der Waals surface area contributed by atoms with Gasteiger partial charge in [-0.15, -0.1) is 0 Å². The molecule has 2 rings (SSSR count). The van der Waals surface area contributed by atoms with E-state index in [4.69, 9.17) is 4.74 Å². The van der Waals surface area contributed by atoms with E-state index in [9.17, 15) is 10.1 Å². The molecule has 0 fully saturated rings. The molecule has 0 radical (unpaired) electrons. The molecule has 1 aromatic heterocycles. The number of nitrogens with zero attached hydrogens (tertiary/aromatic N) is 2. The number of nitro benzene ring substituents is 1. The van der Waals surface area contributed by atoms with Crippen LogP contribution in [0, 0.1) is 17.0 Å². The number of hydrogen-bond donors (Lipinski definition) is 1. The van der Waals surface area contributed by atoms with Crippen LogP contribution in [0.15, 0.2) is 12.1 Å². The van der Waals surface area contributed by atoms with Gasteiger partial charge in [0.1, 0.15) is 5.82 Å². The van der Waals surface area contributed by atoms with Gasteiger partial charge in [0.15, 0.2) is 5.75 Å². The number of nitro groups is 1. The molecular weight excluding hydrogens is 198 g/mol. The zero-order chi connectivity index (χ0) is 11.0. The number of hydrogen-bond acceptors (Lipinski definition) is 4. The van der Waals surface area contributed by atoms with E-state index in [-0.39, 0.29) is 11.4 Å². The smallest absolute Gasteiger partial charge is 0.313 e. The molecule has 0 saturated carbocycles. The summed E-state index contributed by atoms with van der Waals surface area (Å²) in [6.45, 7) is 1.79. The molecule has 2 aromatic rings. The van der Waals surface area contributed by atoms with Crippen LogP contribution in [-0.2, 0) is 0 Å². The fourth-order valence-corrected chi connectivity index (χ4v) is 1.46. The second-order valence-electron chi connectivity index (χ2n) is 3.12. The quantitative estimate of drug-likeness (QED) is 0.601. The summed E-state index contributed by atoms with van der Waals surface area (Å²) in [6.07, 6.45) is 0. The second-order valence-corrected chi connectivity index (χ2v) is 3.12. The molecular formula is C9H9N3O3. The summed E-state index contributed by atoms with van der Waals surface area (Å²) < 4.78 is 4.93. The third-order valence-electron chi connectivity index (χ3n) is 2.10. The van der Waals surface area contributed by atoms with E-state index in [2.05, 4.69) is 9.97 Å². The summed E-state index contributed by atoms with van der Waals surface area (Å²) in [5, 5.41) is 10.7. The molecule has 0 spiro atoms. The number of benzene rings is 1. The van der Waals surface area contributed by atoms with E-state index >= 15 is 0 Å². The normalized spacial score (nSPS) is 10.5. The Morgan fingerprint density at radius 2 is 2.27 bits per heavy atom. The number of nitrogens with one attached hydrogen (secondary N) is 1. The second kappa shape index (κ2) is 3.23. The molecule has 78 valence electrons. The van der Waals surface area contributed by atoms with Crippen molar-refractivity contribution in [1.82, 2.24) is 9.97 Å². The van der Waals surface area contributed by atoms with Gasteiger partial charge in [0.25, 0.3) is 0 Å². The highest BCUT2D eigenvalue weighted by atomic mass is 16.6. The maximum atomic E-state index is 10.7. The van der Waals surface area contributed by atoms with Gasteiger partial charge in [0, 0.05) is 12.1 Å². The highest BCUT2D eigenvalue weighted by Crippen LogP contribution is 2.30. The van der Waals surface area contributed by atoms with E-state index in [1.165, 1.54) is 13.2 Å². The first-order valence-electron chi connectivity index (χ1n) is 4.30. The Morgan fingerprint density at radius 1 is 1.53 bits per heavy atom. The first-order valence-corrected chi connectivity index (χ1v) is 4.30. The van der Waals surface area contributed by atoms with Gasteiger partial charge >= 0.3 is 5.69 Å². The molecule has 0 bridgehead atoms. The summed E-state index contributed by atoms with van der Waals surface area (Å²) in [7, 11) is 1.40. The first-order chi connectivity index (χ1) is 7.11. The van der Waals surface area contributed by atoms with Gasteiger partial charge in [0.2, 0.25) is 0 Å². The van der Waals surface area contributed by atoms with Gasteiger partial charge in [-0.2, -0.15) is 0 Å². The number of fused-ring (bicyclic) bond motifs is 1. The molecule has 0 aliphatic heterocycles. The third-order valence-corrected chi connectivity index (χ3v) is 2.10. The van der Waals surface area contributed by atoms with Gasteiger partial charge in [0.05, 0.1) is 23.1 Å². The molecule has 0 aliphatic rings. The standard InChI is InChI=1S/C9H9N3O3/c1-5-10-6-3-8(12(13)14)9(15-2)4-7(6)11-5/h3-4H,1-2H3,(H,10,11). The van der Waals surface area contributed by atoms with Crippen LogP contribution in [0.5, 0.6) is 5.75 Å². The monoisotopic (exact) mass is 207 g/mol. The maximum Gasteiger partial charge on any atom is 0.313 e. The van der Waals surface area contributed by atoms with Crippen molar-refractivity contribution in [2.45, 2.75) is 6.92 Å². The summed E-state index contributed by atoms with van der Waals surface area (Å²) in [5.74, 6) is 0.937. The average molecular weight is 207 g/mol. The lowest BCUT2D eigenvalue weighted by Crippen LogP contribution is -1.93. The fourth-order valence-electron chi connectivity index (χ4n) is 1.46. The zero-order valence-electron chi connectivity index (χ0n) is 8.27. The number of aromatic nitrogens is 2. The molecule has 0 atom stereocenters. The number of rotatable bonds is 2. The number of imidazole rings is 1.